The molecule has 0 aromatic heterocycles. The molecular formula is C17H13F4NOS. The van der Waals surface area contributed by atoms with E-state index in [0.29, 0.717) is 11.3 Å². The van der Waals surface area contributed by atoms with Crippen molar-refractivity contribution in [3.8, 4) is 11.8 Å². The number of alkyl halides is 3. The summed E-state index contributed by atoms with van der Waals surface area (Å²) in [5.74, 6) is 5.54. The van der Waals surface area contributed by atoms with Crippen LogP contribution in [0.5, 0.6) is 0 Å². The van der Waals surface area contributed by atoms with E-state index in [2.05, 4.69) is 11.8 Å². The van der Waals surface area contributed by atoms with Gasteiger partial charge in [-0.15, -0.1) is 0 Å². The van der Waals surface area contributed by atoms with E-state index in [9.17, 15) is 18.3 Å². The fraction of sp³-hybridized carbons (Fsp3) is 0.118. The van der Waals surface area contributed by atoms with Gasteiger partial charge in [0.25, 0.3) is 5.17 Å². The lowest BCUT2D eigenvalue weighted by Gasteiger charge is -2.18. The maximum Gasteiger partial charge on any atom is 0.416 e. The lowest BCUT2D eigenvalue weighted by Crippen LogP contribution is -2.29. The van der Waals surface area contributed by atoms with Crippen LogP contribution >= 0.6 is 12.2 Å². The van der Waals surface area contributed by atoms with Gasteiger partial charge in [-0.2, -0.15) is 13.2 Å². The van der Waals surface area contributed by atoms with Crippen LogP contribution in [0.1, 0.15) is 11.1 Å². The number of aliphatic hydroxyl groups is 1. The number of rotatable bonds is 2. The average Bonchev–Trinajstić information content (AvgIpc) is 2.51. The minimum Gasteiger partial charge on any atom is -0.486 e. The fourth-order valence-electron chi connectivity index (χ4n) is 1.84. The van der Waals surface area contributed by atoms with Crippen molar-refractivity contribution in [1.82, 2.24) is 0 Å². The number of hydrogen-bond donors (Lipinski definition) is 1. The van der Waals surface area contributed by atoms with E-state index in [1.54, 1.807) is 24.3 Å². The van der Waals surface area contributed by atoms with Crippen LogP contribution in [0.4, 0.5) is 23.6 Å². The molecule has 0 aliphatic carbocycles. The number of benzene rings is 2. The van der Waals surface area contributed by atoms with Crippen LogP contribution in [0.3, 0.4) is 0 Å². The molecule has 1 N–H and O–H groups in total. The summed E-state index contributed by atoms with van der Waals surface area (Å²) in [6.45, 7) is 0.125. The van der Waals surface area contributed by atoms with E-state index >= 15 is 0 Å². The Morgan fingerprint density at radius 3 is 2.12 bits per heavy atom. The minimum atomic E-state index is -4.36. The molecule has 0 heterocycles. The first kappa shape index (κ1) is 19.5. The van der Waals surface area contributed by atoms with Crippen molar-refractivity contribution in [2.24, 2.45) is 0 Å². The van der Waals surface area contributed by atoms with Crippen LogP contribution in [0.2, 0.25) is 0 Å². The molecule has 0 bridgehead atoms. The van der Waals surface area contributed by atoms with E-state index in [1.807, 2.05) is 6.07 Å². The van der Waals surface area contributed by atoms with E-state index < -0.39 is 11.7 Å². The van der Waals surface area contributed by atoms with Crippen LogP contribution in [0, 0.1) is 11.8 Å². The molecule has 0 aliphatic rings. The zero-order valence-corrected chi connectivity index (χ0v) is 13.1. The third-order valence-corrected chi connectivity index (χ3v) is 3.20. The molecule has 0 saturated heterocycles. The van der Waals surface area contributed by atoms with E-state index in [-0.39, 0.29) is 16.4 Å². The van der Waals surface area contributed by atoms with Crippen LogP contribution < -0.4 is 4.90 Å². The van der Waals surface area contributed by atoms with Gasteiger partial charge in [0.1, 0.15) is 0 Å². The summed E-state index contributed by atoms with van der Waals surface area (Å²) in [5, 5.41) is 9.23. The van der Waals surface area contributed by atoms with Gasteiger partial charge in [-0.3, -0.25) is 9.60 Å². The van der Waals surface area contributed by atoms with Gasteiger partial charge in [0.2, 0.25) is 0 Å². The third kappa shape index (κ3) is 5.25. The molecule has 0 fully saturated rings. The predicted molar refractivity (Wildman–Crippen MR) is 89.8 cm³/mol. The molecule has 2 aromatic carbocycles. The molecule has 24 heavy (non-hydrogen) atoms. The molecule has 0 atom stereocenters. The number of aliphatic hydroxyl groups excluding tert-OH is 1. The maximum absolute atomic E-state index is 12.5. The summed E-state index contributed by atoms with van der Waals surface area (Å²) in [7, 11) is 0. The molecule has 0 spiro atoms. The Morgan fingerprint density at radius 1 is 1.04 bits per heavy atom. The van der Waals surface area contributed by atoms with Crippen molar-refractivity contribution in [3.63, 3.8) is 0 Å². The van der Waals surface area contributed by atoms with Crippen LogP contribution in [-0.2, 0) is 6.18 Å². The highest BCUT2D eigenvalue weighted by atomic mass is 32.1. The van der Waals surface area contributed by atoms with Gasteiger partial charge >= 0.3 is 6.18 Å². The Morgan fingerprint density at radius 2 is 1.62 bits per heavy atom. The van der Waals surface area contributed by atoms with Gasteiger partial charge in [0.05, 0.1) is 12.1 Å². The molecule has 126 valence electrons. The molecule has 0 aliphatic heterocycles. The lowest BCUT2D eigenvalue weighted by molar-refractivity contribution is -0.137. The maximum atomic E-state index is 12.5. The summed E-state index contributed by atoms with van der Waals surface area (Å²) in [5.41, 5.74) is 0.419. The summed E-state index contributed by atoms with van der Waals surface area (Å²) in [6, 6.07) is 13.5. The lowest BCUT2D eigenvalue weighted by atomic mass is 10.1. The van der Waals surface area contributed by atoms with Crippen LogP contribution in [0.15, 0.2) is 54.6 Å². The fourth-order valence-corrected chi connectivity index (χ4v) is 2.01. The van der Waals surface area contributed by atoms with Crippen molar-refractivity contribution >= 4 is 23.1 Å². The second-order valence-electron chi connectivity index (χ2n) is 4.58. The van der Waals surface area contributed by atoms with Gasteiger partial charge in [-0.25, -0.2) is 0 Å². The monoisotopic (exact) mass is 355 g/mol. The number of thiocarbonyl (C=S) groups is 1. The summed E-state index contributed by atoms with van der Waals surface area (Å²) in [6.07, 6.45) is -4.36. The van der Waals surface area contributed by atoms with E-state index in [4.69, 9.17) is 12.2 Å². The first-order valence-electron chi connectivity index (χ1n) is 6.59. The Bertz CT molecular complexity index is 733. The van der Waals surface area contributed by atoms with Gasteiger partial charge in [-0.05, 0) is 48.6 Å². The highest BCUT2D eigenvalue weighted by molar-refractivity contribution is 7.80. The number of halogens is 4. The Kier molecular flexibility index (Phi) is 6.74. The van der Waals surface area contributed by atoms with Crippen LogP contribution in [0.25, 0.3) is 0 Å². The topological polar surface area (TPSA) is 23.5 Å². The molecule has 2 aromatic rings. The van der Waals surface area contributed by atoms with Crippen molar-refractivity contribution < 1.29 is 23.0 Å². The number of para-hydroxylation sites is 1. The van der Waals surface area contributed by atoms with Gasteiger partial charge in [-0.1, -0.05) is 30.0 Å². The molecule has 0 unspecified atom stereocenters. The van der Waals surface area contributed by atoms with Gasteiger partial charge in [0.15, 0.2) is 0 Å². The molecule has 2 nitrogen and oxygen atoms in total. The molecule has 0 saturated carbocycles. The first-order valence-corrected chi connectivity index (χ1v) is 7.00. The van der Waals surface area contributed by atoms with Crippen molar-refractivity contribution in [2.45, 2.75) is 6.18 Å². The SMILES string of the molecule is F.OC(=S)N(CC#Cc1ccc(C(F)(F)F)cc1)c1ccccc1. The van der Waals surface area contributed by atoms with Crippen molar-refractivity contribution in [3.05, 3.63) is 65.7 Å². The average molecular weight is 355 g/mol. The second-order valence-corrected chi connectivity index (χ2v) is 4.95. The van der Waals surface area contributed by atoms with Crippen LogP contribution in [-0.4, -0.2) is 16.8 Å². The Labute approximate surface area is 141 Å². The molecule has 2 rings (SSSR count). The second kappa shape index (κ2) is 8.31. The molecule has 0 radical (unpaired) electrons. The number of anilines is 1. The summed E-state index contributed by atoms with van der Waals surface area (Å²) in [4.78, 5) is 1.42. The quantitative estimate of drug-likeness (QED) is 0.485. The highest BCUT2D eigenvalue weighted by Crippen LogP contribution is 2.28. The third-order valence-electron chi connectivity index (χ3n) is 2.98. The number of nitrogens with zero attached hydrogens (tertiary/aromatic N) is 1. The zero-order chi connectivity index (χ0) is 16.9. The summed E-state index contributed by atoms with van der Waals surface area (Å²) < 4.78 is 37.4. The predicted octanol–water partition coefficient (Wildman–Crippen LogP) is 4.56. The zero-order valence-electron chi connectivity index (χ0n) is 12.2. The first-order chi connectivity index (χ1) is 10.9. The van der Waals surface area contributed by atoms with Gasteiger partial charge < -0.3 is 5.11 Å². The Balaban J connectivity index is 0.00000288. The molecule has 0 amide bonds. The standard InChI is InChI=1S/C17H12F3NOS.FH/c18-17(19,20)14-10-8-13(9-11-14)5-4-12-21(16(22)23)15-6-2-1-3-7-15;/h1-3,6-11H,12H2,(H,22,23);1H. The molecular weight excluding hydrogens is 342 g/mol. The minimum absolute atomic E-state index is 0. The number of hydrogen-bond acceptors (Lipinski definition) is 1. The highest BCUT2D eigenvalue weighted by Gasteiger charge is 2.29. The molecule has 7 heteroatoms. The van der Waals surface area contributed by atoms with Gasteiger partial charge in [0, 0.05) is 11.3 Å². The normalized spacial score (nSPS) is 10.1. The Hall–Kier alpha value is -2.59. The smallest absolute Gasteiger partial charge is 0.416 e. The van der Waals surface area contributed by atoms with Crippen molar-refractivity contribution in [1.29, 1.82) is 0 Å². The van der Waals surface area contributed by atoms with E-state index in [1.165, 1.54) is 17.0 Å². The van der Waals surface area contributed by atoms with Crippen molar-refractivity contribution in [2.75, 3.05) is 11.4 Å². The summed E-state index contributed by atoms with van der Waals surface area (Å²) >= 11 is 4.78. The van der Waals surface area contributed by atoms with E-state index in [0.717, 1.165) is 12.1 Å². The largest absolute Gasteiger partial charge is 0.486 e.